The number of benzene rings is 1. The summed E-state index contributed by atoms with van der Waals surface area (Å²) in [6.07, 6.45) is 3.99. The van der Waals surface area contributed by atoms with Crippen molar-refractivity contribution in [3.05, 3.63) is 29.8 Å². The van der Waals surface area contributed by atoms with Crippen molar-refractivity contribution in [3.63, 3.8) is 0 Å². The lowest BCUT2D eigenvalue weighted by Crippen LogP contribution is -2.61. The lowest BCUT2D eigenvalue weighted by Gasteiger charge is -2.31. The number of phenolic OH excluding ortho intramolecular Hbond substituents is 1. The summed E-state index contributed by atoms with van der Waals surface area (Å²) in [5, 5.41) is 36.9. The van der Waals surface area contributed by atoms with Gasteiger partial charge in [-0.3, -0.25) is 57.5 Å². The molecule has 17 N–H and O–H groups in total. The fraction of sp³-hybridized carbons (Fsp3) is 0.633. The van der Waals surface area contributed by atoms with E-state index in [4.69, 9.17) is 22.9 Å². The van der Waals surface area contributed by atoms with E-state index in [1.165, 1.54) is 29.2 Å². The lowest BCUT2D eigenvalue weighted by atomic mass is 10.0. The third-order valence-corrected chi connectivity index (χ3v) is 12.7. The Bertz CT molecular complexity index is 2190. The Kier molecular flexibility index (Phi) is 25.9. The third kappa shape index (κ3) is 22.3. The van der Waals surface area contributed by atoms with E-state index in [-0.39, 0.29) is 31.6 Å². The smallest absolute Gasteiger partial charge is 0.245 e. The summed E-state index contributed by atoms with van der Waals surface area (Å²) in [6.45, 7) is 3.18. The van der Waals surface area contributed by atoms with Gasteiger partial charge in [-0.05, 0) is 49.3 Å². The predicted molar refractivity (Wildman–Crippen MR) is 268 cm³/mol. The molecule has 6 unspecified atom stereocenters. The van der Waals surface area contributed by atoms with E-state index < -0.39 is 164 Å². The Hall–Kier alpha value is -7.38. The fourth-order valence-corrected chi connectivity index (χ4v) is 8.74. The van der Waals surface area contributed by atoms with E-state index in [0.29, 0.717) is 24.3 Å². The molecule has 2 saturated heterocycles. The monoisotopic (exact) mass is 1060 g/mol. The molecule has 12 amide bonds. The topological polar surface area (TPSA) is 437 Å². The number of rotatable bonds is 22. The highest BCUT2D eigenvalue weighted by Crippen LogP contribution is 2.22. The average Bonchev–Trinajstić information content (AvgIpc) is 3.83. The van der Waals surface area contributed by atoms with Crippen molar-refractivity contribution in [2.75, 3.05) is 13.2 Å². The number of aliphatic hydroxyl groups excluding tert-OH is 1. The highest BCUT2D eigenvalue weighted by atomic mass is 16.3. The number of amides is 12. The molecule has 26 nitrogen and oxygen atoms in total. The number of nitrogens with zero attached hydrogens (tertiary/aromatic N) is 1. The number of unbranched alkanes of at least 4 members (excludes halogenated alkanes) is 6. The minimum absolute atomic E-state index is 0.00721. The molecule has 1 aromatic rings. The summed E-state index contributed by atoms with van der Waals surface area (Å²) in [4.78, 5) is 162. The summed E-state index contributed by atoms with van der Waals surface area (Å²) < 4.78 is 0. The maximum atomic E-state index is 14.3. The van der Waals surface area contributed by atoms with Crippen LogP contribution in [-0.4, -0.2) is 147 Å². The Morgan fingerprint density at radius 2 is 1.04 bits per heavy atom. The zero-order chi connectivity index (χ0) is 55.8. The average molecular weight is 1060 g/mol. The van der Waals surface area contributed by atoms with Gasteiger partial charge in [0, 0.05) is 31.8 Å². The number of nitrogens with one attached hydrogen (secondary N) is 7. The zero-order valence-electron chi connectivity index (χ0n) is 42.7. The number of phenols is 1. The van der Waals surface area contributed by atoms with Gasteiger partial charge in [-0.2, -0.15) is 0 Å². The van der Waals surface area contributed by atoms with E-state index in [1.807, 2.05) is 0 Å². The van der Waals surface area contributed by atoms with Gasteiger partial charge in [-0.25, -0.2) is 0 Å². The molecule has 26 heteroatoms. The second-order valence-corrected chi connectivity index (χ2v) is 19.5. The molecule has 0 aromatic heterocycles. The fourth-order valence-electron chi connectivity index (χ4n) is 8.74. The van der Waals surface area contributed by atoms with Gasteiger partial charge in [-0.15, -0.1) is 0 Å². The molecule has 1 aromatic carbocycles. The lowest BCUT2D eigenvalue weighted by molar-refractivity contribution is -0.142. The van der Waals surface area contributed by atoms with Crippen LogP contribution in [0.15, 0.2) is 24.3 Å². The molecule has 3 rings (SSSR count). The van der Waals surface area contributed by atoms with Crippen molar-refractivity contribution in [3.8, 4) is 5.75 Å². The second kappa shape index (κ2) is 31.4. The SMILES string of the molecule is CC(C)CCCCCCCCCC1CC(=O)NC(CC(N)=O)C(=O)NC(Cc2ccc(O)cc2)C(=O)NC(CC(N)=O)C(=O)N[C@@H](CO)C(=O)NC(CC(N)=O)C(=O)NC(CCC(N)=O)C(=O)N2CCC[C@@H]2C(=O)N1. The Morgan fingerprint density at radius 1 is 0.573 bits per heavy atom. The number of carbonyl (C=O) groups is 12. The molecule has 0 radical (unpaired) electrons. The largest absolute Gasteiger partial charge is 0.508 e. The van der Waals surface area contributed by atoms with E-state index in [9.17, 15) is 67.7 Å². The maximum absolute atomic E-state index is 14.3. The molecule has 2 fully saturated rings. The van der Waals surface area contributed by atoms with Crippen LogP contribution in [0.5, 0.6) is 5.75 Å². The number of carbonyl (C=O) groups excluding carboxylic acids is 12. The second-order valence-electron chi connectivity index (χ2n) is 19.5. The molecule has 8 atom stereocenters. The van der Waals surface area contributed by atoms with Crippen molar-refractivity contribution < 1.29 is 67.7 Å². The summed E-state index contributed by atoms with van der Waals surface area (Å²) >= 11 is 0. The quantitative estimate of drug-likeness (QED) is 0.0509. The first-order chi connectivity index (χ1) is 35.5. The van der Waals surface area contributed by atoms with Crippen molar-refractivity contribution in [2.45, 2.75) is 178 Å². The van der Waals surface area contributed by atoms with Crippen LogP contribution in [0.3, 0.4) is 0 Å². The van der Waals surface area contributed by atoms with Crippen LogP contribution in [0.4, 0.5) is 0 Å². The van der Waals surface area contributed by atoms with Crippen LogP contribution in [0.2, 0.25) is 0 Å². The Labute approximate surface area is 435 Å². The summed E-state index contributed by atoms with van der Waals surface area (Å²) in [5.74, 6) is -12.1. The van der Waals surface area contributed by atoms with Gasteiger partial charge in [0.15, 0.2) is 0 Å². The van der Waals surface area contributed by atoms with Crippen LogP contribution in [0, 0.1) is 5.92 Å². The van der Waals surface area contributed by atoms with Crippen LogP contribution in [0.25, 0.3) is 0 Å². The minimum Gasteiger partial charge on any atom is -0.508 e. The van der Waals surface area contributed by atoms with E-state index in [2.05, 4.69) is 51.1 Å². The molecule has 0 aliphatic carbocycles. The van der Waals surface area contributed by atoms with E-state index >= 15 is 0 Å². The van der Waals surface area contributed by atoms with Gasteiger partial charge in [0.1, 0.15) is 48.0 Å². The van der Waals surface area contributed by atoms with Crippen LogP contribution >= 0.6 is 0 Å². The molecule has 2 aliphatic heterocycles. The van der Waals surface area contributed by atoms with Crippen molar-refractivity contribution in [1.82, 2.24) is 42.1 Å². The molecular formula is C49H76N12O14. The third-order valence-electron chi connectivity index (χ3n) is 12.7. The van der Waals surface area contributed by atoms with E-state index in [1.54, 1.807) is 0 Å². The van der Waals surface area contributed by atoms with Crippen molar-refractivity contribution in [1.29, 1.82) is 0 Å². The number of hydrogen-bond donors (Lipinski definition) is 13. The molecule has 2 heterocycles. The molecule has 0 saturated carbocycles. The normalized spacial score (nSPS) is 24.0. The number of fused-ring (bicyclic) bond motifs is 1. The van der Waals surface area contributed by atoms with Crippen LogP contribution in [0.1, 0.15) is 129 Å². The van der Waals surface area contributed by atoms with Gasteiger partial charge >= 0.3 is 0 Å². The minimum atomic E-state index is -1.96. The first-order valence-corrected chi connectivity index (χ1v) is 25.4. The first kappa shape index (κ1) is 61.9. The molecule has 0 spiro atoms. The van der Waals surface area contributed by atoms with Crippen molar-refractivity contribution >= 4 is 70.9 Å². The number of aromatic hydroxyl groups is 1. The highest BCUT2D eigenvalue weighted by molar-refractivity contribution is 6.00. The van der Waals surface area contributed by atoms with Gasteiger partial charge in [0.2, 0.25) is 70.9 Å². The summed E-state index contributed by atoms with van der Waals surface area (Å²) in [7, 11) is 0. The Morgan fingerprint density at radius 3 is 1.56 bits per heavy atom. The van der Waals surface area contributed by atoms with Crippen LogP contribution in [-0.2, 0) is 64.0 Å². The number of primary amides is 4. The first-order valence-electron chi connectivity index (χ1n) is 25.4. The van der Waals surface area contributed by atoms with Crippen LogP contribution < -0.4 is 60.2 Å². The van der Waals surface area contributed by atoms with Gasteiger partial charge in [0.25, 0.3) is 0 Å². The highest BCUT2D eigenvalue weighted by Gasteiger charge is 2.40. The summed E-state index contributed by atoms with van der Waals surface area (Å²) in [6, 6.07) is -7.40. The molecular weight excluding hydrogens is 981 g/mol. The van der Waals surface area contributed by atoms with Gasteiger partial charge in [0.05, 0.1) is 25.9 Å². The summed E-state index contributed by atoms with van der Waals surface area (Å²) in [5.41, 5.74) is 22.1. The zero-order valence-corrected chi connectivity index (χ0v) is 42.7. The Balaban J connectivity index is 2.12. The standard InChI is InChI=1S/C49H76N12O14/c1-27(2)11-8-6-4-3-5-7-9-12-29-22-42(68)55-33(23-39(51)65)44(70)57-32(21-28-14-16-30(63)17-15-28)43(69)58-35(25-41(53)67)46(72)60-36(26-62)47(73)59-34(24-40(52)66)45(71)56-31(18-19-38(50)64)49(75)61-20-10-13-37(61)48(74)54-29/h14-17,27,29,31-37,62-63H,3-13,18-26H2,1-2H3,(H2,50,64)(H2,51,65)(H2,52,66)(H2,53,67)(H,54,74)(H,55,68)(H,56,71)(H,57,70)(H,58,69)(H,59,73)(H,60,72)/t29?,31?,32?,33?,34?,35?,36-,37+/m0/s1. The van der Waals surface area contributed by atoms with Gasteiger partial charge < -0.3 is 75.3 Å². The number of hydrogen-bond acceptors (Lipinski definition) is 14. The van der Waals surface area contributed by atoms with E-state index in [0.717, 1.165) is 44.9 Å². The van der Waals surface area contributed by atoms with Crippen molar-refractivity contribution in [2.24, 2.45) is 28.9 Å². The van der Waals surface area contributed by atoms with Gasteiger partial charge in [-0.1, -0.05) is 77.3 Å². The predicted octanol–water partition coefficient (Wildman–Crippen LogP) is -3.23. The number of aliphatic hydroxyl groups is 1. The molecule has 416 valence electrons. The molecule has 75 heavy (non-hydrogen) atoms. The molecule has 0 bridgehead atoms. The number of nitrogens with two attached hydrogens (primary N) is 4. The molecule has 2 aliphatic rings. The maximum Gasteiger partial charge on any atom is 0.245 e.